The quantitative estimate of drug-likeness (QED) is 0.539. The highest BCUT2D eigenvalue weighted by molar-refractivity contribution is 5.32. The summed E-state index contributed by atoms with van der Waals surface area (Å²) in [5.74, 6) is 0.452. The second-order valence-electron chi connectivity index (χ2n) is 5.55. The first kappa shape index (κ1) is 14.3. The van der Waals surface area contributed by atoms with Crippen molar-refractivity contribution in [1.29, 1.82) is 0 Å². The number of ether oxygens (including phenoxy) is 2. The molecule has 0 aromatic heterocycles. The second kappa shape index (κ2) is 7.39. The summed E-state index contributed by atoms with van der Waals surface area (Å²) in [6.45, 7) is 2.44. The summed E-state index contributed by atoms with van der Waals surface area (Å²) >= 11 is 0. The molecule has 0 bridgehead atoms. The minimum absolute atomic E-state index is 0.365. The van der Waals surface area contributed by atoms with Gasteiger partial charge in [-0.25, -0.2) is 0 Å². The van der Waals surface area contributed by atoms with Gasteiger partial charge >= 0.3 is 0 Å². The first-order valence-corrected chi connectivity index (χ1v) is 7.73. The molecule has 110 valence electrons. The maximum atomic E-state index is 5.65. The van der Waals surface area contributed by atoms with Gasteiger partial charge in [-0.3, -0.25) is 0 Å². The normalized spacial score (nSPS) is 17.1. The van der Waals surface area contributed by atoms with E-state index in [1.807, 2.05) is 0 Å². The summed E-state index contributed by atoms with van der Waals surface area (Å²) in [6.07, 6.45) is 2.55. The lowest BCUT2D eigenvalue weighted by molar-refractivity contribution is 0.112. The van der Waals surface area contributed by atoms with E-state index in [-0.39, 0.29) is 0 Å². The van der Waals surface area contributed by atoms with E-state index in [2.05, 4.69) is 60.7 Å². The first-order chi connectivity index (χ1) is 10.4. The van der Waals surface area contributed by atoms with Crippen LogP contribution in [0.1, 0.15) is 29.9 Å². The van der Waals surface area contributed by atoms with Crippen molar-refractivity contribution in [3.8, 4) is 0 Å². The molecule has 21 heavy (non-hydrogen) atoms. The van der Waals surface area contributed by atoms with Crippen LogP contribution in [-0.2, 0) is 9.47 Å². The maximum Gasteiger partial charge on any atom is 0.104 e. The highest BCUT2D eigenvalue weighted by Gasteiger charge is 2.22. The van der Waals surface area contributed by atoms with E-state index >= 15 is 0 Å². The van der Waals surface area contributed by atoms with E-state index in [0.717, 1.165) is 32.7 Å². The molecule has 1 fully saturated rings. The van der Waals surface area contributed by atoms with E-state index < -0.39 is 0 Å². The predicted molar refractivity (Wildman–Crippen MR) is 84.5 cm³/mol. The summed E-state index contributed by atoms with van der Waals surface area (Å²) in [5.41, 5.74) is 2.77. The molecule has 1 heterocycles. The number of hydrogen-bond donors (Lipinski definition) is 0. The minimum atomic E-state index is 0.365. The average molecular weight is 282 g/mol. The van der Waals surface area contributed by atoms with Crippen molar-refractivity contribution in [2.75, 3.05) is 19.8 Å². The lowest BCUT2D eigenvalue weighted by Gasteiger charge is -2.18. The van der Waals surface area contributed by atoms with Gasteiger partial charge in [-0.1, -0.05) is 60.7 Å². The Balaban J connectivity index is 1.59. The summed E-state index contributed by atoms with van der Waals surface area (Å²) in [6, 6.07) is 21.5. The summed E-state index contributed by atoms with van der Waals surface area (Å²) in [7, 11) is 0. The SMILES string of the molecule is c1ccc(C(CCCOCC2CO2)c2ccccc2)cc1. The smallest absolute Gasteiger partial charge is 0.104 e. The average Bonchev–Trinajstić information content (AvgIpc) is 3.37. The molecule has 2 aromatic rings. The van der Waals surface area contributed by atoms with Crippen LogP contribution in [0, 0.1) is 0 Å². The molecule has 0 amide bonds. The number of rotatable bonds is 8. The van der Waals surface area contributed by atoms with Crippen molar-refractivity contribution in [1.82, 2.24) is 0 Å². The molecular formula is C19H22O2. The van der Waals surface area contributed by atoms with Crippen molar-refractivity contribution in [2.45, 2.75) is 24.9 Å². The third kappa shape index (κ3) is 4.42. The number of epoxide rings is 1. The topological polar surface area (TPSA) is 21.8 Å². The number of benzene rings is 2. The highest BCUT2D eigenvalue weighted by Crippen LogP contribution is 2.29. The molecule has 2 nitrogen and oxygen atoms in total. The summed E-state index contributed by atoms with van der Waals surface area (Å²) in [4.78, 5) is 0. The van der Waals surface area contributed by atoms with Gasteiger partial charge in [0.15, 0.2) is 0 Å². The molecular weight excluding hydrogens is 260 g/mol. The van der Waals surface area contributed by atoms with E-state index in [4.69, 9.17) is 9.47 Å². The van der Waals surface area contributed by atoms with E-state index in [0.29, 0.717) is 12.0 Å². The van der Waals surface area contributed by atoms with Crippen LogP contribution in [0.4, 0.5) is 0 Å². The highest BCUT2D eigenvalue weighted by atomic mass is 16.6. The van der Waals surface area contributed by atoms with Crippen LogP contribution in [-0.4, -0.2) is 25.9 Å². The molecule has 1 atom stereocenters. The Bertz CT molecular complexity index is 480. The zero-order chi connectivity index (χ0) is 14.3. The Morgan fingerprint density at radius 2 is 1.52 bits per heavy atom. The Kier molecular flexibility index (Phi) is 5.03. The molecule has 1 aliphatic heterocycles. The molecule has 0 saturated carbocycles. The van der Waals surface area contributed by atoms with Crippen LogP contribution in [0.2, 0.25) is 0 Å². The molecule has 0 radical (unpaired) electrons. The summed E-state index contributed by atoms with van der Waals surface area (Å²) in [5, 5.41) is 0. The standard InChI is InChI=1S/C19H22O2/c1-3-8-16(9-4-1)19(17-10-5-2-6-11-17)12-7-13-20-14-18-15-21-18/h1-6,8-11,18-19H,7,12-15H2. The zero-order valence-electron chi connectivity index (χ0n) is 12.3. The van der Waals surface area contributed by atoms with Gasteiger partial charge in [-0.05, 0) is 24.0 Å². The van der Waals surface area contributed by atoms with Gasteiger partial charge in [0.05, 0.1) is 13.2 Å². The molecule has 1 aliphatic rings. The Hall–Kier alpha value is -1.64. The van der Waals surface area contributed by atoms with E-state index in [1.54, 1.807) is 0 Å². The molecule has 1 unspecified atom stereocenters. The molecule has 0 aliphatic carbocycles. The van der Waals surface area contributed by atoms with Gasteiger partial charge in [-0.2, -0.15) is 0 Å². The monoisotopic (exact) mass is 282 g/mol. The van der Waals surface area contributed by atoms with Crippen molar-refractivity contribution in [2.24, 2.45) is 0 Å². The van der Waals surface area contributed by atoms with Gasteiger partial charge in [0.2, 0.25) is 0 Å². The van der Waals surface area contributed by atoms with Gasteiger partial charge in [0, 0.05) is 12.5 Å². The van der Waals surface area contributed by atoms with Gasteiger partial charge < -0.3 is 9.47 Å². The molecule has 0 N–H and O–H groups in total. The fourth-order valence-corrected chi connectivity index (χ4v) is 2.67. The van der Waals surface area contributed by atoms with Crippen molar-refractivity contribution in [3.63, 3.8) is 0 Å². The van der Waals surface area contributed by atoms with Crippen LogP contribution in [0.3, 0.4) is 0 Å². The van der Waals surface area contributed by atoms with Gasteiger partial charge in [0.1, 0.15) is 6.10 Å². The minimum Gasteiger partial charge on any atom is -0.379 e. The number of hydrogen-bond acceptors (Lipinski definition) is 2. The molecule has 0 spiro atoms. The zero-order valence-corrected chi connectivity index (χ0v) is 12.3. The van der Waals surface area contributed by atoms with Crippen molar-refractivity contribution < 1.29 is 9.47 Å². The fraction of sp³-hybridized carbons (Fsp3) is 0.368. The Morgan fingerprint density at radius 3 is 2.05 bits per heavy atom. The Labute approximate surface area is 126 Å². The lowest BCUT2D eigenvalue weighted by atomic mass is 9.88. The van der Waals surface area contributed by atoms with Gasteiger partial charge in [-0.15, -0.1) is 0 Å². The molecule has 2 aromatic carbocycles. The van der Waals surface area contributed by atoms with Crippen LogP contribution in [0.25, 0.3) is 0 Å². The molecule has 1 saturated heterocycles. The maximum absolute atomic E-state index is 5.65. The molecule has 3 rings (SSSR count). The van der Waals surface area contributed by atoms with Crippen molar-refractivity contribution in [3.05, 3.63) is 71.8 Å². The largest absolute Gasteiger partial charge is 0.379 e. The second-order valence-corrected chi connectivity index (χ2v) is 5.55. The van der Waals surface area contributed by atoms with Crippen LogP contribution in [0.5, 0.6) is 0 Å². The predicted octanol–water partition coefficient (Wildman–Crippen LogP) is 4.01. The third-order valence-corrected chi connectivity index (χ3v) is 3.89. The van der Waals surface area contributed by atoms with E-state index in [9.17, 15) is 0 Å². The first-order valence-electron chi connectivity index (χ1n) is 7.73. The van der Waals surface area contributed by atoms with Crippen LogP contribution < -0.4 is 0 Å². The van der Waals surface area contributed by atoms with E-state index in [1.165, 1.54) is 11.1 Å². The lowest BCUT2D eigenvalue weighted by Crippen LogP contribution is -2.06. The van der Waals surface area contributed by atoms with Crippen LogP contribution in [0.15, 0.2) is 60.7 Å². The van der Waals surface area contributed by atoms with Crippen LogP contribution >= 0.6 is 0 Å². The third-order valence-electron chi connectivity index (χ3n) is 3.89. The summed E-state index contributed by atoms with van der Waals surface area (Å²) < 4.78 is 10.8. The molecule has 2 heteroatoms. The Morgan fingerprint density at radius 1 is 0.952 bits per heavy atom. The van der Waals surface area contributed by atoms with Gasteiger partial charge in [0.25, 0.3) is 0 Å². The fourth-order valence-electron chi connectivity index (χ4n) is 2.67. The van der Waals surface area contributed by atoms with Crippen molar-refractivity contribution >= 4 is 0 Å².